The molecule has 0 aliphatic heterocycles. The van der Waals surface area contributed by atoms with Crippen LogP contribution in [0.5, 0.6) is 5.75 Å². The number of hydrogen-bond acceptors (Lipinski definition) is 5. The number of ether oxygens (including phenoxy) is 1. The molecular formula is C18H26N4O3. The minimum absolute atomic E-state index is 0.0433. The molecule has 0 aliphatic rings. The van der Waals surface area contributed by atoms with Crippen LogP contribution < -0.4 is 10.1 Å². The SMILES string of the molecule is COc1cccc(C(CNC(=O)N(C)Cc2cc(C)on2)N(C)C)c1. The van der Waals surface area contributed by atoms with Crippen molar-refractivity contribution in [1.82, 2.24) is 20.3 Å². The molecule has 25 heavy (non-hydrogen) atoms. The number of carbonyl (C=O) groups excluding carboxylic acids is 1. The van der Waals surface area contributed by atoms with Crippen LogP contribution in [-0.4, -0.2) is 55.8 Å². The number of nitrogens with zero attached hydrogens (tertiary/aromatic N) is 3. The lowest BCUT2D eigenvalue weighted by molar-refractivity contribution is 0.199. The summed E-state index contributed by atoms with van der Waals surface area (Å²) in [5.41, 5.74) is 1.81. The minimum atomic E-state index is -0.157. The van der Waals surface area contributed by atoms with Crippen LogP contribution in [0.4, 0.5) is 4.79 Å². The Kier molecular flexibility index (Phi) is 6.41. The van der Waals surface area contributed by atoms with Gasteiger partial charge in [-0.3, -0.25) is 0 Å². The molecule has 0 saturated carbocycles. The first-order chi connectivity index (χ1) is 11.9. The van der Waals surface area contributed by atoms with Crippen LogP contribution in [0.3, 0.4) is 0 Å². The molecule has 0 aliphatic carbocycles. The summed E-state index contributed by atoms with van der Waals surface area (Å²) in [6.07, 6.45) is 0. The van der Waals surface area contributed by atoms with E-state index in [9.17, 15) is 4.79 Å². The highest BCUT2D eigenvalue weighted by Crippen LogP contribution is 2.22. The quantitative estimate of drug-likeness (QED) is 0.834. The number of carbonyl (C=O) groups is 1. The van der Waals surface area contributed by atoms with Gasteiger partial charge < -0.3 is 24.4 Å². The maximum Gasteiger partial charge on any atom is 0.317 e. The number of benzene rings is 1. The van der Waals surface area contributed by atoms with Gasteiger partial charge in [0.15, 0.2) is 0 Å². The van der Waals surface area contributed by atoms with E-state index < -0.39 is 0 Å². The fraction of sp³-hybridized carbons (Fsp3) is 0.444. The molecule has 1 atom stereocenters. The monoisotopic (exact) mass is 346 g/mol. The van der Waals surface area contributed by atoms with Crippen LogP contribution in [0.1, 0.15) is 23.1 Å². The Bertz CT molecular complexity index is 699. The second kappa shape index (κ2) is 8.53. The highest BCUT2D eigenvalue weighted by atomic mass is 16.5. The standard InChI is InChI=1S/C18H26N4O3/c1-13-9-15(20-25-13)12-22(4)18(23)19-11-17(21(2)3)14-7-6-8-16(10-14)24-5/h6-10,17H,11-12H2,1-5H3,(H,19,23). The molecule has 136 valence electrons. The van der Waals surface area contributed by atoms with Crippen molar-refractivity contribution in [3.8, 4) is 5.75 Å². The number of aromatic nitrogens is 1. The lowest BCUT2D eigenvalue weighted by atomic mass is 10.1. The smallest absolute Gasteiger partial charge is 0.317 e. The van der Waals surface area contributed by atoms with Gasteiger partial charge in [-0.25, -0.2) is 4.79 Å². The minimum Gasteiger partial charge on any atom is -0.497 e. The zero-order valence-electron chi connectivity index (χ0n) is 15.4. The molecule has 2 amide bonds. The summed E-state index contributed by atoms with van der Waals surface area (Å²) in [7, 11) is 7.35. The third kappa shape index (κ3) is 5.22. The Morgan fingerprint density at radius 1 is 1.32 bits per heavy atom. The lowest BCUT2D eigenvalue weighted by Gasteiger charge is -2.26. The highest BCUT2D eigenvalue weighted by molar-refractivity contribution is 5.73. The van der Waals surface area contributed by atoms with E-state index in [0.717, 1.165) is 22.8 Å². The van der Waals surface area contributed by atoms with Crippen molar-refractivity contribution in [1.29, 1.82) is 0 Å². The second-order valence-electron chi connectivity index (χ2n) is 6.23. The molecule has 2 rings (SSSR count). The van der Waals surface area contributed by atoms with E-state index in [1.54, 1.807) is 19.1 Å². The van der Waals surface area contributed by atoms with Gasteiger partial charge in [-0.05, 0) is 38.7 Å². The second-order valence-corrected chi connectivity index (χ2v) is 6.23. The highest BCUT2D eigenvalue weighted by Gasteiger charge is 2.18. The third-order valence-electron chi connectivity index (χ3n) is 3.97. The van der Waals surface area contributed by atoms with Crippen LogP contribution in [0, 0.1) is 6.92 Å². The molecule has 0 bridgehead atoms. The van der Waals surface area contributed by atoms with Gasteiger partial charge in [0, 0.05) is 19.7 Å². The first-order valence-electron chi connectivity index (χ1n) is 8.12. The number of methoxy groups -OCH3 is 1. The van der Waals surface area contributed by atoms with Crippen LogP contribution in [0.25, 0.3) is 0 Å². The summed E-state index contributed by atoms with van der Waals surface area (Å²) in [5.74, 6) is 1.53. The molecule has 0 saturated heterocycles. The Balaban J connectivity index is 1.96. The predicted molar refractivity (Wildman–Crippen MR) is 95.5 cm³/mol. The number of urea groups is 1. The number of rotatable bonds is 7. The van der Waals surface area contributed by atoms with Crippen LogP contribution >= 0.6 is 0 Å². The summed E-state index contributed by atoms with van der Waals surface area (Å²) < 4.78 is 10.3. The van der Waals surface area contributed by atoms with E-state index in [1.807, 2.05) is 51.4 Å². The number of aryl methyl sites for hydroxylation is 1. The average molecular weight is 346 g/mol. The fourth-order valence-electron chi connectivity index (χ4n) is 2.57. The van der Waals surface area contributed by atoms with E-state index in [0.29, 0.717) is 13.1 Å². The first-order valence-corrected chi connectivity index (χ1v) is 8.12. The maximum absolute atomic E-state index is 12.3. The van der Waals surface area contributed by atoms with Crippen LogP contribution in [-0.2, 0) is 6.54 Å². The van der Waals surface area contributed by atoms with E-state index in [4.69, 9.17) is 9.26 Å². The van der Waals surface area contributed by atoms with Gasteiger partial charge in [-0.2, -0.15) is 0 Å². The molecule has 1 aromatic carbocycles. The van der Waals surface area contributed by atoms with Crippen molar-refractivity contribution < 1.29 is 14.1 Å². The number of amides is 2. The fourth-order valence-corrected chi connectivity index (χ4v) is 2.57. The summed E-state index contributed by atoms with van der Waals surface area (Å²) in [4.78, 5) is 16.0. The molecule has 2 aromatic rings. The predicted octanol–water partition coefficient (Wildman–Crippen LogP) is 2.44. The van der Waals surface area contributed by atoms with E-state index >= 15 is 0 Å². The van der Waals surface area contributed by atoms with E-state index in [-0.39, 0.29) is 12.1 Å². The van der Waals surface area contributed by atoms with E-state index in [1.165, 1.54) is 0 Å². The number of nitrogens with one attached hydrogen (secondary N) is 1. The average Bonchev–Trinajstić information content (AvgIpc) is 2.99. The Labute approximate surface area is 148 Å². The zero-order valence-corrected chi connectivity index (χ0v) is 15.4. The summed E-state index contributed by atoms with van der Waals surface area (Å²) in [6, 6.07) is 9.58. The van der Waals surface area contributed by atoms with Crippen molar-refractivity contribution in [2.24, 2.45) is 0 Å². The van der Waals surface area contributed by atoms with Crippen LogP contribution in [0.2, 0.25) is 0 Å². The Hall–Kier alpha value is -2.54. The van der Waals surface area contributed by atoms with Gasteiger partial charge in [0.25, 0.3) is 0 Å². The normalized spacial score (nSPS) is 12.1. The van der Waals surface area contributed by atoms with Gasteiger partial charge in [0.1, 0.15) is 17.2 Å². The van der Waals surface area contributed by atoms with Crippen LogP contribution in [0.15, 0.2) is 34.9 Å². The van der Waals surface area contributed by atoms with Gasteiger partial charge in [-0.15, -0.1) is 0 Å². The topological polar surface area (TPSA) is 70.8 Å². The van der Waals surface area contributed by atoms with Gasteiger partial charge in [0.05, 0.1) is 19.7 Å². The summed E-state index contributed by atoms with van der Waals surface area (Å²) in [5, 5.41) is 6.88. The zero-order chi connectivity index (χ0) is 18.4. The van der Waals surface area contributed by atoms with Crippen molar-refractivity contribution in [3.05, 3.63) is 47.3 Å². The van der Waals surface area contributed by atoms with Crippen molar-refractivity contribution in [2.75, 3.05) is 34.8 Å². The molecule has 0 spiro atoms. The van der Waals surface area contributed by atoms with Gasteiger partial charge in [-0.1, -0.05) is 17.3 Å². The number of likely N-dealkylation sites (N-methyl/N-ethyl adjacent to an activating group) is 1. The molecule has 1 aromatic heterocycles. The lowest BCUT2D eigenvalue weighted by Crippen LogP contribution is -2.41. The molecule has 7 nitrogen and oxygen atoms in total. The molecule has 1 heterocycles. The number of hydrogen-bond donors (Lipinski definition) is 1. The van der Waals surface area contributed by atoms with Gasteiger partial charge >= 0.3 is 6.03 Å². The Morgan fingerprint density at radius 3 is 2.68 bits per heavy atom. The van der Waals surface area contributed by atoms with Gasteiger partial charge in [0.2, 0.25) is 0 Å². The molecule has 0 fully saturated rings. The maximum atomic E-state index is 12.3. The molecule has 1 N–H and O–H groups in total. The molecular weight excluding hydrogens is 320 g/mol. The summed E-state index contributed by atoms with van der Waals surface area (Å²) in [6.45, 7) is 2.71. The molecule has 1 unspecified atom stereocenters. The van der Waals surface area contributed by atoms with Crippen molar-refractivity contribution >= 4 is 6.03 Å². The Morgan fingerprint density at radius 2 is 2.08 bits per heavy atom. The van der Waals surface area contributed by atoms with Crippen molar-refractivity contribution in [2.45, 2.75) is 19.5 Å². The summed E-state index contributed by atoms with van der Waals surface area (Å²) >= 11 is 0. The van der Waals surface area contributed by atoms with E-state index in [2.05, 4.69) is 15.4 Å². The van der Waals surface area contributed by atoms with Crippen molar-refractivity contribution in [3.63, 3.8) is 0 Å². The largest absolute Gasteiger partial charge is 0.497 e. The first kappa shape index (κ1) is 18.8. The third-order valence-corrected chi connectivity index (χ3v) is 3.97. The molecule has 0 radical (unpaired) electrons. The molecule has 7 heteroatoms.